The predicted molar refractivity (Wildman–Crippen MR) is 419 cm³/mol. The summed E-state index contributed by atoms with van der Waals surface area (Å²) in [5.74, 6) is -2.10. The zero-order valence-corrected chi connectivity index (χ0v) is 68.4. The van der Waals surface area contributed by atoms with Crippen molar-refractivity contribution < 1.29 is 80.2 Å². The maximum atomic E-state index is 13.1. The molecule has 17 nitrogen and oxygen atoms in total. The molecule has 5 atom stereocenters. The Kier molecular flexibility index (Phi) is 75.8. The van der Waals surface area contributed by atoms with Crippen molar-refractivity contribution in [1.29, 1.82) is 0 Å². The van der Waals surface area contributed by atoms with Crippen molar-refractivity contribution in [3.05, 3.63) is 0 Å². The number of carbonyl (C=O) groups is 4. The fourth-order valence-corrected chi connectivity index (χ4v) is 14.6. The van der Waals surface area contributed by atoms with Gasteiger partial charge in [-0.3, -0.25) is 37.3 Å². The van der Waals surface area contributed by atoms with Crippen molar-refractivity contribution in [1.82, 2.24) is 0 Å². The van der Waals surface area contributed by atoms with Gasteiger partial charge in [-0.05, 0) is 25.7 Å². The number of unbranched alkanes of at least 4 members (excludes halogenated alkanes) is 58. The maximum absolute atomic E-state index is 13.1. The molecule has 0 spiro atoms. The van der Waals surface area contributed by atoms with E-state index in [2.05, 4.69) is 27.7 Å². The molecular weight excluding hydrogens is 1330 g/mol. The molecule has 3 N–H and O–H groups in total. The number of aliphatic hydroxyl groups excluding tert-OH is 1. The van der Waals surface area contributed by atoms with E-state index in [1.165, 1.54) is 283 Å². The number of aliphatic hydroxyl groups is 1. The van der Waals surface area contributed by atoms with E-state index in [1.54, 1.807) is 0 Å². The molecule has 2 unspecified atom stereocenters. The molecule has 0 heterocycles. The quantitative estimate of drug-likeness (QED) is 0.0222. The molecule has 102 heavy (non-hydrogen) atoms. The van der Waals surface area contributed by atoms with Gasteiger partial charge in [0.05, 0.1) is 26.4 Å². The third-order valence-corrected chi connectivity index (χ3v) is 21.5. The molecule has 0 aromatic heterocycles. The highest BCUT2D eigenvalue weighted by Crippen LogP contribution is 2.45. The van der Waals surface area contributed by atoms with Crippen molar-refractivity contribution in [3.8, 4) is 0 Å². The normalized spacial score (nSPS) is 13.8. The van der Waals surface area contributed by atoms with Crippen LogP contribution in [0, 0.1) is 0 Å². The Morgan fingerprint density at radius 3 is 0.578 bits per heavy atom. The summed E-state index contributed by atoms with van der Waals surface area (Å²) < 4.78 is 68.8. The van der Waals surface area contributed by atoms with E-state index in [0.717, 1.165) is 89.9 Å². The van der Waals surface area contributed by atoms with Crippen LogP contribution in [0.15, 0.2) is 0 Å². The first kappa shape index (κ1) is 100. The van der Waals surface area contributed by atoms with Crippen LogP contribution in [0.2, 0.25) is 0 Å². The molecule has 0 amide bonds. The zero-order valence-electron chi connectivity index (χ0n) is 66.6. The monoisotopic (exact) mass is 1490 g/mol. The van der Waals surface area contributed by atoms with Crippen LogP contribution in [0.25, 0.3) is 0 Å². The second kappa shape index (κ2) is 77.2. The van der Waals surface area contributed by atoms with Crippen molar-refractivity contribution in [2.45, 2.75) is 470 Å². The van der Waals surface area contributed by atoms with Gasteiger partial charge in [0.25, 0.3) is 0 Å². The largest absolute Gasteiger partial charge is 0.472 e. The SMILES string of the molecule is CCCCCCCCCCCCCCCCCCCCCCCC(=O)O[C@H](COC(=O)CCCCCCCCCCCCCCCCC)COP(=O)(O)OC[C@@H](O)COP(=O)(O)OC[C@@H](COC(=O)CCCCCCCCCCCCC)OC(=O)CCCCCCCCCCCCCCCCC. The Balaban J connectivity index is 5.22. The van der Waals surface area contributed by atoms with Crippen molar-refractivity contribution in [2.75, 3.05) is 39.6 Å². The van der Waals surface area contributed by atoms with Crippen LogP contribution in [0.1, 0.15) is 451 Å². The molecule has 0 aliphatic rings. The van der Waals surface area contributed by atoms with E-state index in [-0.39, 0.29) is 25.7 Å². The summed E-state index contributed by atoms with van der Waals surface area (Å²) in [6, 6.07) is 0. The summed E-state index contributed by atoms with van der Waals surface area (Å²) in [5, 5.41) is 10.7. The number of rotatable bonds is 84. The minimum absolute atomic E-state index is 0.109. The number of phosphoric acid groups is 2. The van der Waals surface area contributed by atoms with Gasteiger partial charge in [0.2, 0.25) is 0 Å². The number of carbonyl (C=O) groups excluding carboxylic acids is 4. The van der Waals surface area contributed by atoms with Crippen LogP contribution in [-0.2, 0) is 65.4 Å². The maximum Gasteiger partial charge on any atom is 0.472 e. The first-order valence-electron chi connectivity index (χ1n) is 43.3. The molecule has 0 fully saturated rings. The molecule has 0 aliphatic heterocycles. The van der Waals surface area contributed by atoms with Crippen LogP contribution < -0.4 is 0 Å². The molecule has 0 aliphatic carbocycles. The van der Waals surface area contributed by atoms with E-state index in [4.69, 9.17) is 37.0 Å². The summed E-state index contributed by atoms with van der Waals surface area (Å²) in [4.78, 5) is 73.1. The number of phosphoric ester groups is 2. The second-order valence-electron chi connectivity index (χ2n) is 29.9. The molecule has 606 valence electrons. The number of hydrogen-bond donors (Lipinski definition) is 3. The Hall–Kier alpha value is -1.94. The van der Waals surface area contributed by atoms with Gasteiger partial charge in [-0.15, -0.1) is 0 Å². The summed E-state index contributed by atoms with van der Waals surface area (Å²) in [6.45, 7) is 5.04. The average Bonchev–Trinajstić information content (AvgIpc) is 0.985. The number of hydrogen-bond acceptors (Lipinski definition) is 15. The topological polar surface area (TPSA) is 237 Å². The molecule has 0 aromatic carbocycles. The van der Waals surface area contributed by atoms with Crippen molar-refractivity contribution >= 4 is 39.5 Å². The Morgan fingerprint density at radius 2 is 0.392 bits per heavy atom. The molecule has 0 rings (SSSR count). The molecule has 0 saturated heterocycles. The molecule has 19 heteroatoms. The van der Waals surface area contributed by atoms with Gasteiger partial charge >= 0.3 is 39.5 Å². The summed E-state index contributed by atoms with van der Waals surface area (Å²) in [5.41, 5.74) is 0. The summed E-state index contributed by atoms with van der Waals surface area (Å²) in [6.07, 6.45) is 70.7. The van der Waals surface area contributed by atoms with E-state index in [0.29, 0.717) is 25.7 Å². The van der Waals surface area contributed by atoms with E-state index < -0.39 is 97.5 Å². The lowest BCUT2D eigenvalue weighted by Gasteiger charge is -2.21. The third-order valence-electron chi connectivity index (χ3n) is 19.6. The molecule has 0 saturated carbocycles. The highest BCUT2D eigenvalue weighted by molar-refractivity contribution is 7.47. The summed E-state index contributed by atoms with van der Waals surface area (Å²) >= 11 is 0. The van der Waals surface area contributed by atoms with Crippen molar-refractivity contribution in [3.63, 3.8) is 0 Å². The Bertz CT molecular complexity index is 1930. The number of esters is 4. The first-order chi connectivity index (χ1) is 49.7. The molecular formula is C83H162O17P2. The van der Waals surface area contributed by atoms with Gasteiger partial charge in [0, 0.05) is 25.7 Å². The van der Waals surface area contributed by atoms with Gasteiger partial charge in [-0.1, -0.05) is 400 Å². The van der Waals surface area contributed by atoms with Crippen LogP contribution in [-0.4, -0.2) is 96.7 Å². The van der Waals surface area contributed by atoms with Crippen LogP contribution in [0.5, 0.6) is 0 Å². The highest BCUT2D eigenvalue weighted by atomic mass is 31.2. The first-order valence-corrected chi connectivity index (χ1v) is 46.3. The van der Waals surface area contributed by atoms with Crippen LogP contribution in [0.3, 0.4) is 0 Å². The molecule has 0 bridgehead atoms. The average molecular weight is 1490 g/mol. The van der Waals surface area contributed by atoms with E-state index in [9.17, 15) is 43.2 Å². The minimum Gasteiger partial charge on any atom is -0.462 e. The van der Waals surface area contributed by atoms with Crippen molar-refractivity contribution in [2.24, 2.45) is 0 Å². The van der Waals surface area contributed by atoms with Gasteiger partial charge in [0.1, 0.15) is 19.3 Å². The third kappa shape index (κ3) is 76.3. The van der Waals surface area contributed by atoms with Gasteiger partial charge in [-0.25, -0.2) is 9.13 Å². The lowest BCUT2D eigenvalue weighted by molar-refractivity contribution is -0.161. The fraction of sp³-hybridized carbons (Fsp3) is 0.952. The number of ether oxygens (including phenoxy) is 4. The predicted octanol–water partition coefficient (Wildman–Crippen LogP) is 25.4. The minimum atomic E-state index is -4.96. The van der Waals surface area contributed by atoms with Gasteiger partial charge in [0.15, 0.2) is 12.2 Å². The standard InChI is InChI=1S/C83H162O17P2/c1-5-9-13-17-21-25-29-32-35-36-37-38-39-40-43-46-50-54-58-62-66-70-83(88)100-79(74-94-81(86)68-64-60-56-52-48-44-41-33-30-26-22-18-14-10-6-2)76-98-102(91,92)96-72-77(84)71-95-101(89,90)97-75-78(73-93-80(85)67-63-59-55-51-47-28-24-20-16-12-8-4)99-82(87)69-65-61-57-53-49-45-42-34-31-27-23-19-15-11-7-3/h77-79,84H,5-76H2,1-4H3,(H,89,90)(H,91,92)/t77-,78+,79+/m0/s1. The second-order valence-corrected chi connectivity index (χ2v) is 32.8. The van der Waals surface area contributed by atoms with Gasteiger partial charge < -0.3 is 33.8 Å². The fourth-order valence-electron chi connectivity index (χ4n) is 13.0. The van der Waals surface area contributed by atoms with E-state index >= 15 is 0 Å². The van der Waals surface area contributed by atoms with Crippen LogP contribution >= 0.6 is 15.6 Å². The van der Waals surface area contributed by atoms with Gasteiger partial charge in [-0.2, -0.15) is 0 Å². The van der Waals surface area contributed by atoms with Crippen LogP contribution in [0.4, 0.5) is 0 Å². The summed E-state index contributed by atoms with van der Waals surface area (Å²) in [7, 11) is -9.92. The lowest BCUT2D eigenvalue weighted by Crippen LogP contribution is -2.30. The van der Waals surface area contributed by atoms with E-state index in [1.807, 2.05) is 0 Å². The smallest absolute Gasteiger partial charge is 0.462 e. The highest BCUT2D eigenvalue weighted by Gasteiger charge is 2.30. The molecule has 0 radical (unpaired) electrons. The Morgan fingerprint density at radius 1 is 0.235 bits per heavy atom. The molecule has 0 aromatic rings. The Labute approximate surface area is 626 Å². The lowest BCUT2D eigenvalue weighted by atomic mass is 10.0. The zero-order chi connectivity index (χ0) is 74.6.